The van der Waals surface area contributed by atoms with Gasteiger partial charge in [0.05, 0.1) is 11.0 Å². The number of anilines is 2. The van der Waals surface area contributed by atoms with Crippen LogP contribution >= 0.6 is 0 Å². The number of furan rings is 1. The van der Waals surface area contributed by atoms with Crippen molar-refractivity contribution in [3.8, 4) is 5.69 Å². The maximum Gasteiger partial charge on any atom is 0.181 e. The molecule has 39 heavy (non-hydrogen) atoms. The molecule has 0 fully saturated rings. The van der Waals surface area contributed by atoms with Crippen LogP contribution in [0.1, 0.15) is 13.8 Å². The fourth-order valence-corrected chi connectivity index (χ4v) is 5.56. The molecule has 0 unspecified atom stereocenters. The highest BCUT2D eigenvalue weighted by molar-refractivity contribution is 6.11. The van der Waals surface area contributed by atoms with Crippen molar-refractivity contribution < 1.29 is 4.42 Å². The topological polar surface area (TPSA) is 34.2 Å². The minimum atomic E-state index is 0.768. The van der Waals surface area contributed by atoms with Crippen LogP contribution in [0.2, 0.25) is 0 Å². The van der Waals surface area contributed by atoms with Crippen molar-refractivity contribution in [2.24, 2.45) is 0 Å². The van der Waals surface area contributed by atoms with Crippen LogP contribution in [-0.2, 0) is 0 Å². The standard InChI is InChI=1S/C35H27N3O/c1-3-4-12-24(2)37(25-13-6-5-7-14-25)35-34-29(21-22-36-35)30-23-26(19-20-33(30)39-34)38-31-17-10-8-15-27(31)28-16-9-11-18-32(28)38/h3-23H,1-2H3/b4-3-,24-12+. The molecule has 7 aromatic rings. The molecule has 0 saturated carbocycles. The van der Waals surface area contributed by atoms with Gasteiger partial charge in [-0.2, -0.15) is 0 Å². The lowest BCUT2D eigenvalue weighted by atomic mass is 10.1. The Balaban J connectivity index is 1.47. The zero-order chi connectivity index (χ0) is 26.3. The summed E-state index contributed by atoms with van der Waals surface area (Å²) in [5.74, 6) is 0.770. The molecular formula is C35H27N3O. The van der Waals surface area contributed by atoms with E-state index >= 15 is 0 Å². The molecule has 0 aliphatic rings. The molecule has 188 valence electrons. The highest BCUT2D eigenvalue weighted by Gasteiger charge is 2.21. The number of fused-ring (bicyclic) bond motifs is 6. The third-order valence-electron chi connectivity index (χ3n) is 7.30. The van der Waals surface area contributed by atoms with Crippen LogP contribution in [0.3, 0.4) is 0 Å². The zero-order valence-corrected chi connectivity index (χ0v) is 21.9. The number of aromatic nitrogens is 2. The Kier molecular flexibility index (Phi) is 5.52. The first-order valence-corrected chi connectivity index (χ1v) is 13.2. The number of rotatable bonds is 5. The predicted octanol–water partition coefficient (Wildman–Crippen LogP) is 9.70. The maximum atomic E-state index is 6.53. The van der Waals surface area contributed by atoms with Crippen molar-refractivity contribution in [2.75, 3.05) is 4.90 Å². The average Bonchev–Trinajstić information content (AvgIpc) is 3.53. The maximum absolute atomic E-state index is 6.53. The van der Waals surface area contributed by atoms with Crippen molar-refractivity contribution in [3.63, 3.8) is 0 Å². The number of hydrogen-bond acceptors (Lipinski definition) is 3. The zero-order valence-electron chi connectivity index (χ0n) is 21.9. The normalized spacial score (nSPS) is 12.4. The minimum Gasteiger partial charge on any atom is -0.452 e. The molecule has 0 N–H and O–H groups in total. The second kappa shape index (κ2) is 9.34. The summed E-state index contributed by atoms with van der Waals surface area (Å²) in [4.78, 5) is 6.98. The minimum absolute atomic E-state index is 0.768. The fraction of sp³-hybridized carbons (Fsp3) is 0.0571. The lowest BCUT2D eigenvalue weighted by molar-refractivity contribution is 0.666. The van der Waals surface area contributed by atoms with E-state index in [0.29, 0.717) is 0 Å². The number of nitrogens with zero attached hydrogens (tertiary/aromatic N) is 3. The number of pyridine rings is 1. The average molecular weight is 506 g/mol. The van der Waals surface area contributed by atoms with E-state index in [1.54, 1.807) is 0 Å². The van der Waals surface area contributed by atoms with Crippen molar-refractivity contribution >= 4 is 55.2 Å². The van der Waals surface area contributed by atoms with E-state index in [-0.39, 0.29) is 0 Å². The molecular weight excluding hydrogens is 478 g/mol. The number of hydrogen-bond donors (Lipinski definition) is 0. The SMILES string of the molecule is C/C=C\C=C(/C)N(c1ccccc1)c1nccc2c1oc1ccc(-n3c4ccccc4c4ccccc43)cc12. The van der Waals surface area contributed by atoms with Gasteiger partial charge in [-0.3, -0.25) is 4.90 Å². The lowest BCUT2D eigenvalue weighted by Crippen LogP contribution is -2.15. The van der Waals surface area contributed by atoms with Crippen LogP contribution in [0, 0.1) is 0 Å². The quantitative estimate of drug-likeness (QED) is 0.218. The second-order valence-electron chi connectivity index (χ2n) is 9.67. The van der Waals surface area contributed by atoms with E-state index in [0.717, 1.165) is 44.8 Å². The van der Waals surface area contributed by atoms with Crippen LogP contribution in [0.15, 0.2) is 138 Å². The molecule has 4 aromatic carbocycles. The molecule has 0 atom stereocenters. The molecule has 0 radical (unpaired) electrons. The van der Waals surface area contributed by atoms with E-state index in [4.69, 9.17) is 9.40 Å². The van der Waals surface area contributed by atoms with Crippen molar-refractivity contribution in [3.05, 3.63) is 133 Å². The van der Waals surface area contributed by atoms with Crippen LogP contribution < -0.4 is 4.90 Å². The molecule has 0 aliphatic heterocycles. The summed E-state index contributed by atoms with van der Waals surface area (Å²) < 4.78 is 8.87. The lowest BCUT2D eigenvalue weighted by Gasteiger charge is -2.24. The van der Waals surface area contributed by atoms with E-state index < -0.39 is 0 Å². The third kappa shape index (κ3) is 3.72. The highest BCUT2D eigenvalue weighted by Crippen LogP contribution is 2.40. The van der Waals surface area contributed by atoms with Gasteiger partial charge in [-0.1, -0.05) is 66.7 Å². The Bertz CT molecular complexity index is 1990. The van der Waals surface area contributed by atoms with E-state index in [1.165, 1.54) is 21.8 Å². The fourth-order valence-electron chi connectivity index (χ4n) is 5.56. The van der Waals surface area contributed by atoms with Crippen molar-refractivity contribution in [1.29, 1.82) is 0 Å². The molecule has 0 amide bonds. The molecule has 3 heterocycles. The van der Waals surface area contributed by atoms with Gasteiger partial charge in [-0.15, -0.1) is 0 Å². The summed E-state index contributed by atoms with van der Waals surface area (Å²) in [6, 6.07) is 36.0. The van der Waals surface area contributed by atoms with E-state index in [2.05, 4.69) is 107 Å². The molecule has 0 aliphatic carbocycles. The molecule has 0 bridgehead atoms. The first kappa shape index (κ1) is 23.1. The molecule has 7 rings (SSSR count). The Morgan fingerprint density at radius 2 is 1.46 bits per heavy atom. The van der Waals surface area contributed by atoms with E-state index in [1.807, 2.05) is 43.5 Å². The highest BCUT2D eigenvalue weighted by atomic mass is 16.3. The third-order valence-corrected chi connectivity index (χ3v) is 7.30. The van der Waals surface area contributed by atoms with Crippen LogP contribution in [-0.4, -0.2) is 9.55 Å². The summed E-state index contributed by atoms with van der Waals surface area (Å²) in [5.41, 5.74) is 7.16. The number of benzene rings is 4. The first-order chi connectivity index (χ1) is 19.2. The number of para-hydroxylation sites is 3. The van der Waals surface area contributed by atoms with E-state index in [9.17, 15) is 0 Å². The van der Waals surface area contributed by atoms with Gasteiger partial charge in [0, 0.05) is 44.8 Å². The molecule has 3 aromatic heterocycles. The molecule has 0 saturated heterocycles. The first-order valence-electron chi connectivity index (χ1n) is 13.2. The Morgan fingerprint density at radius 1 is 0.769 bits per heavy atom. The van der Waals surface area contributed by atoms with Crippen LogP contribution in [0.4, 0.5) is 11.5 Å². The molecule has 4 heteroatoms. The Hall–Kier alpha value is -5.09. The summed E-state index contributed by atoms with van der Waals surface area (Å²) in [5, 5.41) is 4.60. The Morgan fingerprint density at radius 3 is 2.18 bits per heavy atom. The van der Waals surface area contributed by atoms with Crippen molar-refractivity contribution in [1.82, 2.24) is 9.55 Å². The van der Waals surface area contributed by atoms with Crippen LogP contribution in [0.5, 0.6) is 0 Å². The van der Waals surface area contributed by atoms with Gasteiger partial charge in [0.25, 0.3) is 0 Å². The van der Waals surface area contributed by atoms with Gasteiger partial charge >= 0.3 is 0 Å². The van der Waals surface area contributed by atoms with Gasteiger partial charge in [-0.05, 0) is 68.5 Å². The second-order valence-corrected chi connectivity index (χ2v) is 9.67. The largest absolute Gasteiger partial charge is 0.452 e. The monoisotopic (exact) mass is 505 g/mol. The van der Waals surface area contributed by atoms with Gasteiger partial charge < -0.3 is 8.98 Å². The summed E-state index contributed by atoms with van der Waals surface area (Å²) in [7, 11) is 0. The van der Waals surface area contributed by atoms with Gasteiger partial charge in [0.1, 0.15) is 5.58 Å². The van der Waals surface area contributed by atoms with Gasteiger partial charge in [0.15, 0.2) is 11.4 Å². The summed E-state index contributed by atoms with van der Waals surface area (Å²) in [6.07, 6.45) is 8.04. The predicted molar refractivity (Wildman–Crippen MR) is 163 cm³/mol. The molecule has 4 nitrogen and oxygen atoms in total. The smallest absolute Gasteiger partial charge is 0.181 e. The van der Waals surface area contributed by atoms with Gasteiger partial charge in [-0.25, -0.2) is 4.98 Å². The summed E-state index contributed by atoms with van der Waals surface area (Å²) in [6.45, 7) is 4.11. The molecule has 0 spiro atoms. The van der Waals surface area contributed by atoms with Crippen molar-refractivity contribution in [2.45, 2.75) is 13.8 Å². The van der Waals surface area contributed by atoms with Crippen LogP contribution in [0.25, 0.3) is 49.4 Å². The Labute approximate surface area is 226 Å². The summed E-state index contributed by atoms with van der Waals surface area (Å²) >= 11 is 0. The van der Waals surface area contributed by atoms with Gasteiger partial charge in [0.2, 0.25) is 0 Å². The number of allylic oxidation sites excluding steroid dienone is 4.